The first kappa shape index (κ1) is 14.2. The van der Waals surface area contributed by atoms with E-state index in [1.54, 1.807) is 0 Å². The highest BCUT2D eigenvalue weighted by Gasteiger charge is 2.27. The summed E-state index contributed by atoms with van der Waals surface area (Å²) in [6, 6.07) is 0. The van der Waals surface area contributed by atoms with Crippen LogP contribution in [0.2, 0.25) is 11.1 Å². The van der Waals surface area contributed by atoms with Gasteiger partial charge in [-0.25, -0.2) is 0 Å². The van der Waals surface area contributed by atoms with Crippen LogP contribution in [0, 0.1) is 0 Å². The van der Waals surface area contributed by atoms with Gasteiger partial charge in [-0.3, -0.25) is 0 Å². The van der Waals surface area contributed by atoms with Crippen LogP contribution in [0.15, 0.2) is 0 Å². The first-order valence-corrected chi connectivity index (χ1v) is 8.21. The largest absolute Gasteiger partial charge is 0.326 e. The quantitative estimate of drug-likeness (QED) is 0.586. The molecule has 0 aromatic heterocycles. The normalized spacial score (nSPS) is 18.2. The van der Waals surface area contributed by atoms with Gasteiger partial charge in [0.1, 0.15) is 8.96 Å². The molecule has 0 spiro atoms. The smallest absolute Gasteiger partial charge is 0.117 e. The van der Waals surface area contributed by atoms with Gasteiger partial charge >= 0.3 is 0 Å². The monoisotopic (exact) mass is 215 g/mol. The van der Waals surface area contributed by atoms with Crippen molar-refractivity contribution in [2.75, 3.05) is 13.1 Å². The molecule has 0 aromatic carbocycles. The van der Waals surface area contributed by atoms with E-state index >= 15 is 0 Å². The Bertz CT molecular complexity index is 124. The zero-order chi connectivity index (χ0) is 11.1. The van der Waals surface area contributed by atoms with Crippen LogP contribution in [0.5, 0.6) is 0 Å². The average molecular weight is 215 g/mol. The Morgan fingerprint density at radius 1 is 0.857 bits per heavy atom. The molecule has 0 heterocycles. The summed E-state index contributed by atoms with van der Waals surface area (Å²) in [5.74, 6) is 0. The minimum Gasteiger partial charge on any atom is -0.326 e. The van der Waals surface area contributed by atoms with Gasteiger partial charge in [0.05, 0.1) is 0 Å². The third-order valence-electron chi connectivity index (χ3n) is 3.69. The van der Waals surface area contributed by atoms with Crippen LogP contribution < -0.4 is 0 Å². The third-order valence-corrected chi connectivity index (χ3v) is 8.54. The van der Waals surface area contributed by atoms with Gasteiger partial charge in [0.2, 0.25) is 0 Å². The summed E-state index contributed by atoms with van der Waals surface area (Å²) in [6.45, 7) is 16.7. The molecule has 0 aliphatic rings. The molecule has 0 N–H and O–H groups in total. The lowest BCUT2D eigenvalue weighted by atomic mass is 10.3. The predicted octanol–water partition coefficient (Wildman–Crippen LogP) is 3.65. The van der Waals surface area contributed by atoms with E-state index in [0.29, 0.717) is 0 Å². The van der Waals surface area contributed by atoms with Crippen molar-refractivity contribution in [1.82, 2.24) is 4.57 Å². The molecule has 0 saturated carbocycles. The van der Waals surface area contributed by atoms with Crippen LogP contribution in [0.4, 0.5) is 0 Å². The van der Waals surface area contributed by atoms with E-state index in [4.69, 9.17) is 0 Å². The van der Waals surface area contributed by atoms with Crippen LogP contribution in [0.3, 0.4) is 0 Å². The highest BCUT2D eigenvalue weighted by atomic mass is 28.3. The molecule has 0 radical (unpaired) electrons. The maximum atomic E-state index is 2.77. The molecule has 14 heavy (non-hydrogen) atoms. The molecule has 0 saturated heterocycles. The summed E-state index contributed by atoms with van der Waals surface area (Å²) in [6.07, 6.45) is 2.72. The van der Waals surface area contributed by atoms with Crippen molar-refractivity contribution in [3.63, 3.8) is 0 Å². The Labute approximate surface area is 92.6 Å². The van der Waals surface area contributed by atoms with Crippen LogP contribution >= 0.6 is 0 Å². The average Bonchev–Trinajstić information content (AvgIpc) is 2.23. The van der Waals surface area contributed by atoms with Crippen molar-refractivity contribution < 1.29 is 0 Å². The van der Waals surface area contributed by atoms with Gasteiger partial charge in [0, 0.05) is 0 Å². The lowest BCUT2D eigenvalue weighted by Crippen LogP contribution is -2.44. The van der Waals surface area contributed by atoms with E-state index in [1.165, 1.54) is 25.9 Å². The van der Waals surface area contributed by atoms with Gasteiger partial charge in [-0.05, 0) is 24.2 Å². The number of nitrogens with zero attached hydrogens (tertiary/aromatic N) is 1. The summed E-state index contributed by atoms with van der Waals surface area (Å²) >= 11 is 0. The Morgan fingerprint density at radius 2 is 1.21 bits per heavy atom. The van der Waals surface area contributed by atoms with Crippen molar-refractivity contribution in [3.05, 3.63) is 0 Å². The van der Waals surface area contributed by atoms with Crippen LogP contribution in [0.1, 0.15) is 54.4 Å². The van der Waals surface area contributed by atoms with E-state index in [-0.39, 0.29) is 0 Å². The molecular formula is C12H29NSi. The molecule has 0 aliphatic heterocycles. The lowest BCUT2D eigenvalue weighted by Gasteiger charge is -2.36. The molecule has 0 fully saturated rings. The summed E-state index contributed by atoms with van der Waals surface area (Å²) in [4.78, 5) is 0. The van der Waals surface area contributed by atoms with Crippen molar-refractivity contribution in [1.29, 1.82) is 0 Å². The maximum Gasteiger partial charge on any atom is 0.117 e. The Kier molecular flexibility index (Phi) is 7.56. The molecule has 2 heteroatoms. The van der Waals surface area contributed by atoms with E-state index in [2.05, 4.69) is 46.1 Å². The summed E-state index contributed by atoms with van der Waals surface area (Å²) < 4.78 is 2.77. The van der Waals surface area contributed by atoms with Gasteiger partial charge < -0.3 is 4.57 Å². The van der Waals surface area contributed by atoms with Crippen LogP contribution in [0.25, 0.3) is 0 Å². The van der Waals surface area contributed by atoms with E-state index in [9.17, 15) is 0 Å². The highest BCUT2D eigenvalue weighted by Crippen LogP contribution is 2.28. The molecule has 1 nitrogen and oxygen atoms in total. The predicted molar refractivity (Wildman–Crippen MR) is 69.5 cm³/mol. The van der Waals surface area contributed by atoms with Crippen molar-refractivity contribution in [3.8, 4) is 0 Å². The molecule has 0 bridgehead atoms. The molecule has 0 amide bonds. The van der Waals surface area contributed by atoms with E-state index in [0.717, 1.165) is 11.1 Å². The molecule has 2 unspecified atom stereocenters. The number of hydrogen-bond acceptors (Lipinski definition) is 1. The Hall–Kier alpha value is 0.177. The van der Waals surface area contributed by atoms with Crippen molar-refractivity contribution in [2.45, 2.75) is 65.5 Å². The van der Waals surface area contributed by atoms with Crippen LogP contribution in [-0.2, 0) is 0 Å². The second kappa shape index (κ2) is 7.47. The molecule has 2 atom stereocenters. The lowest BCUT2D eigenvalue weighted by molar-refractivity contribution is 0.452. The SMILES string of the molecule is CCC(C)[SiH](C(C)CC)N(CC)CC. The van der Waals surface area contributed by atoms with E-state index < -0.39 is 8.96 Å². The summed E-state index contributed by atoms with van der Waals surface area (Å²) in [5.41, 5.74) is 1.93. The zero-order valence-electron chi connectivity index (χ0n) is 11.0. The Morgan fingerprint density at radius 3 is 1.43 bits per heavy atom. The van der Waals surface area contributed by atoms with E-state index in [1.807, 2.05) is 0 Å². The highest BCUT2D eigenvalue weighted by molar-refractivity contribution is 6.59. The summed E-state index contributed by atoms with van der Waals surface area (Å²) in [7, 11) is -0.704. The molecule has 0 aliphatic carbocycles. The minimum atomic E-state index is -0.704. The van der Waals surface area contributed by atoms with Gasteiger partial charge in [-0.15, -0.1) is 0 Å². The second-order valence-corrected chi connectivity index (χ2v) is 8.47. The standard InChI is InChI=1S/C12H29NSi/c1-7-11(5)14(12(6)8-2)13(9-3)10-4/h11-12,14H,7-10H2,1-6H3. The fraction of sp³-hybridized carbons (Fsp3) is 1.00. The zero-order valence-corrected chi connectivity index (χ0v) is 12.2. The fourth-order valence-electron chi connectivity index (χ4n) is 2.41. The second-order valence-electron chi connectivity index (χ2n) is 4.48. The van der Waals surface area contributed by atoms with Gasteiger partial charge in [-0.1, -0.05) is 54.4 Å². The molecule has 86 valence electrons. The topological polar surface area (TPSA) is 3.24 Å². The van der Waals surface area contributed by atoms with Crippen molar-refractivity contribution in [2.24, 2.45) is 0 Å². The third kappa shape index (κ3) is 3.74. The van der Waals surface area contributed by atoms with Gasteiger partial charge in [-0.2, -0.15) is 0 Å². The number of rotatable bonds is 7. The van der Waals surface area contributed by atoms with Gasteiger partial charge in [0.25, 0.3) is 0 Å². The Balaban J connectivity index is 4.51. The first-order valence-electron chi connectivity index (χ1n) is 6.36. The minimum absolute atomic E-state index is 0.704. The maximum absolute atomic E-state index is 2.77. The fourth-order valence-corrected chi connectivity index (χ4v) is 6.78. The van der Waals surface area contributed by atoms with Gasteiger partial charge in [0.15, 0.2) is 0 Å². The summed E-state index contributed by atoms with van der Waals surface area (Å²) in [5, 5.41) is 0. The number of hydrogen-bond donors (Lipinski definition) is 0. The molecular weight excluding hydrogens is 186 g/mol. The van der Waals surface area contributed by atoms with Crippen LogP contribution in [-0.4, -0.2) is 26.6 Å². The van der Waals surface area contributed by atoms with Crippen molar-refractivity contribution >= 4 is 8.96 Å². The molecule has 0 rings (SSSR count). The molecule has 0 aromatic rings. The first-order chi connectivity index (χ1) is 6.62.